The number of nitrogens with two attached hydrogens (primary N) is 2. The van der Waals surface area contributed by atoms with Crippen molar-refractivity contribution in [3.63, 3.8) is 0 Å². The molecular formula is C35H33N5O3. The molecule has 5 aromatic rings. The quantitative estimate of drug-likeness (QED) is 0.146. The van der Waals surface area contributed by atoms with Gasteiger partial charge in [0.1, 0.15) is 5.75 Å². The number of nitrogen functional groups attached to an aromatic ring is 1. The van der Waals surface area contributed by atoms with Gasteiger partial charge >= 0.3 is 0 Å². The number of fused-ring (bicyclic) bond motifs is 1. The molecular weight excluding hydrogens is 538 g/mol. The Morgan fingerprint density at radius 1 is 0.907 bits per heavy atom. The van der Waals surface area contributed by atoms with Crippen LogP contribution in [0.4, 0.5) is 5.69 Å². The molecule has 2 amide bonds. The van der Waals surface area contributed by atoms with Crippen molar-refractivity contribution in [1.29, 1.82) is 0 Å². The third-order valence-corrected chi connectivity index (χ3v) is 8.05. The van der Waals surface area contributed by atoms with Crippen molar-refractivity contribution in [3.05, 3.63) is 114 Å². The SMILES string of the molecule is COc1cc(C=C(C(N)=O)c2ccccc2N)cc(-c2cnn(C3CCN(C(=O)c4ccc5ccccc5c4)CC3)c2)c1. The number of ether oxygens (including phenoxy) is 1. The van der Waals surface area contributed by atoms with E-state index in [1.165, 1.54) is 0 Å². The molecule has 1 aromatic heterocycles. The number of likely N-dealkylation sites (tertiary alicyclic amines) is 1. The Labute approximate surface area is 250 Å². The van der Waals surface area contributed by atoms with Crippen molar-refractivity contribution in [2.45, 2.75) is 18.9 Å². The van der Waals surface area contributed by atoms with Crippen LogP contribution in [-0.4, -0.2) is 46.7 Å². The molecule has 43 heavy (non-hydrogen) atoms. The maximum atomic E-state index is 13.2. The predicted molar refractivity (Wildman–Crippen MR) is 170 cm³/mol. The Balaban J connectivity index is 1.19. The molecule has 1 aliphatic rings. The van der Waals surface area contributed by atoms with E-state index in [1.807, 2.05) is 88.7 Å². The van der Waals surface area contributed by atoms with E-state index < -0.39 is 5.91 Å². The standard InChI is InChI=1S/C35H33N5O3/c1-43-30-17-23(18-32(34(37)41)31-8-4-5-9-33(31)36)16-27(20-30)28-21-38-40(22-28)29-12-14-39(15-13-29)35(42)26-11-10-24-6-2-3-7-25(24)19-26/h2-11,16-22,29H,12-15,36H2,1H3,(H2,37,41). The number of para-hydroxylation sites is 1. The van der Waals surface area contributed by atoms with Crippen LogP contribution in [0.1, 0.15) is 40.4 Å². The van der Waals surface area contributed by atoms with Crippen LogP contribution >= 0.6 is 0 Å². The monoisotopic (exact) mass is 571 g/mol. The molecule has 0 unspecified atom stereocenters. The zero-order chi connectivity index (χ0) is 29.9. The highest BCUT2D eigenvalue weighted by molar-refractivity contribution is 6.24. The molecule has 0 saturated carbocycles. The predicted octanol–water partition coefficient (Wildman–Crippen LogP) is 5.80. The highest BCUT2D eigenvalue weighted by Crippen LogP contribution is 2.31. The van der Waals surface area contributed by atoms with E-state index in [-0.39, 0.29) is 11.9 Å². The van der Waals surface area contributed by atoms with Gasteiger partial charge in [-0.3, -0.25) is 14.3 Å². The highest BCUT2D eigenvalue weighted by Gasteiger charge is 2.25. The van der Waals surface area contributed by atoms with Gasteiger partial charge in [-0.15, -0.1) is 0 Å². The van der Waals surface area contributed by atoms with Gasteiger partial charge in [0.25, 0.3) is 5.91 Å². The summed E-state index contributed by atoms with van der Waals surface area (Å²) in [5.41, 5.74) is 16.5. The van der Waals surface area contributed by atoms with Gasteiger partial charge in [0, 0.05) is 47.2 Å². The van der Waals surface area contributed by atoms with E-state index >= 15 is 0 Å². The smallest absolute Gasteiger partial charge is 0.253 e. The van der Waals surface area contributed by atoms with E-state index in [1.54, 1.807) is 25.3 Å². The first-order valence-corrected chi connectivity index (χ1v) is 14.3. The fourth-order valence-electron chi connectivity index (χ4n) is 5.71. The van der Waals surface area contributed by atoms with Crippen LogP contribution in [-0.2, 0) is 4.79 Å². The van der Waals surface area contributed by atoms with E-state index in [4.69, 9.17) is 16.2 Å². The van der Waals surface area contributed by atoms with Crippen molar-refractivity contribution < 1.29 is 14.3 Å². The lowest BCUT2D eigenvalue weighted by atomic mass is 9.98. The van der Waals surface area contributed by atoms with Crippen LogP contribution in [0.15, 0.2) is 97.3 Å². The minimum atomic E-state index is -0.569. The van der Waals surface area contributed by atoms with Gasteiger partial charge in [-0.25, -0.2) is 0 Å². The molecule has 1 saturated heterocycles. The van der Waals surface area contributed by atoms with Gasteiger partial charge in [0.05, 0.1) is 19.3 Å². The number of hydrogen-bond donors (Lipinski definition) is 2. The molecule has 0 atom stereocenters. The molecule has 8 nitrogen and oxygen atoms in total. The summed E-state index contributed by atoms with van der Waals surface area (Å²) in [6.45, 7) is 1.33. The largest absolute Gasteiger partial charge is 0.497 e. The van der Waals surface area contributed by atoms with E-state index in [2.05, 4.69) is 11.2 Å². The number of carbonyl (C=O) groups is 2. The third-order valence-electron chi connectivity index (χ3n) is 8.05. The Bertz CT molecular complexity index is 1850. The van der Waals surface area contributed by atoms with Gasteiger partial charge < -0.3 is 21.1 Å². The zero-order valence-corrected chi connectivity index (χ0v) is 23.9. The fraction of sp³-hybridized carbons (Fsp3) is 0.171. The van der Waals surface area contributed by atoms with E-state index in [0.717, 1.165) is 45.9 Å². The maximum absolute atomic E-state index is 13.2. The minimum Gasteiger partial charge on any atom is -0.497 e. The van der Waals surface area contributed by atoms with Crippen LogP contribution in [0, 0.1) is 0 Å². The van der Waals surface area contributed by atoms with Crippen molar-refractivity contribution in [2.24, 2.45) is 5.73 Å². The van der Waals surface area contributed by atoms with E-state index in [9.17, 15) is 9.59 Å². The average Bonchev–Trinajstić information content (AvgIpc) is 3.54. The second-order valence-electron chi connectivity index (χ2n) is 10.8. The Morgan fingerprint density at radius 3 is 2.40 bits per heavy atom. The van der Waals surface area contributed by atoms with Gasteiger partial charge in [-0.1, -0.05) is 48.5 Å². The summed E-state index contributed by atoms with van der Waals surface area (Å²) in [5.74, 6) is 0.136. The van der Waals surface area contributed by atoms with Crippen molar-refractivity contribution in [1.82, 2.24) is 14.7 Å². The van der Waals surface area contributed by atoms with Gasteiger partial charge in [0.15, 0.2) is 0 Å². The lowest BCUT2D eigenvalue weighted by Crippen LogP contribution is -2.39. The number of hydrogen-bond acceptors (Lipinski definition) is 5. The molecule has 4 aromatic carbocycles. The van der Waals surface area contributed by atoms with Gasteiger partial charge in [-0.2, -0.15) is 5.10 Å². The number of nitrogens with zero attached hydrogens (tertiary/aromatic N) is 3. The topological polar surface area (TPSA) is 116 Å². The molecule has 6 rings (SSSR count). The van der Waals surface area contributed by atoms with Crippen molar-refractivity contribution in [3.8, 4) is 16.9 Å². The number of aromatic nitrogens is 2. The summed E-state index contributed by atoms with van der Waals surface area (Å²) in [6.07, 6.45) is 7.21. The number of methoxy groups -OCH3 is 1. The summed E-state index contributed by atoms with van der Waals surface area (Å²) < 4.78 is 7.56. The molecule has 0 radical (unpaired) electrons. The van der Waals surface area contributed by atoms with Crippen LogP contribution in [0.3, 0.4) is 0 Å². The first-order valence-electron chi connectivity index (χ1n) is 14.3. The van der Waals surface area contributed by atoms with Crippen LogP contribution in [0.2, 0.25) is 0 Å². The maximum Gasteiger partial charge on any atom is 0.253 e. The molecule has 1 fully saturated rings. The number of carbonyl (C=O) groups excluding carboxylic acids is 2. The number of anilines is 1. The van der Waals surface area contributed by atoms with Crippen LogP contribution in [0.5, 0.6) is 5.75 Å². The molecule has 1 aliphatic heterocycles. The molecule has 0 aliphatic carbocycles. The molecule has 8 heteroatoms. The van der Waals surface area contributed by atoms with E-state index in [0.29, 0.717) is 35.7 Å². The Morgan fingerprint density at radius 2 is 1.65 bits per heavy atom. The summed E-state index contributed by atoms with van der Waals surface area (Å²) >= 11 is 0. The number of benzene rings is 4. The number of primary amides is 1. The Kier molecular flexibility index (Phi) is 7.66. The van der Waals surface area contributed by atoms with Crippen LogP contribution in [0.25, 0.3) is 33.5 Å². The molecule has 4 N–H and O–H groups in total. The molecule has 0 spiro atoms. The normalized spacial score (nSPS) is 14.2. The first-order chi connectivity index (χ1) is 20.9. The number of rotatable bonds is 7. The summed E-state index contributed by atoms with van der Waals surface area (Å²) in [7, 11) is 1.60. The highest BCUT2D eigenvalue weighted by atomic mass is 16.5. The molecule has 2 heterocycles. The fourth-order valence-corrected chi connectivity index (χ4v) is 5.71. The second kappa shape index (κ2) is 11.9. The number of piperidine rings is 1. The van der Waals surface area contributed by atoms with Crippen LogP contribution < -0.4 is 16.2 Å². The lowest BCUT2D eigenvalue weighted by molar-refractivity contribution is -0.112. The second-order valence-corrected chi connectivity index (χ2v) is 10.8. The zero-order valence-electron chi connectivity index (χ0n) is 23.9. The van der Waals surface area contributed by atoms with Crippen molar-refractivity contribution >= 4 is 39.9 Å². The summed E-state index contributed by atoms with van der Waals surface area (Å²) in [5, 5.41) is 6.87. The summed E-state index contributed by atoms with van der Waals surface area (Å²) in [6, 6.07) is 27.0. The summed E-state index contributed by atoms with van der Waals surface area (Å²) in [4.78, 5) is 27.6. The minimum absolute atomic E-state index is 0.0647. The van der Waals surface area contributed by atoms with Crippen molar-refractivity contribution in [2.75, 3.05) is 25.9 Å². The average molecular weight is 572 g/mol. The lowest BCUT2D eigenvalue weighted by Gasteiger charge is -2.32. The third kappa shape index (κ3) is 5.85. The van der Waals surface area contributed by atoms with Gasteiger partial charge in [0.2, 0.25) is 5.91 Å². The number of amides is 2. The first kappa shape index (κ1) is 27.8. The molecule has 216 valence electrons. The van der Waals surface area contributed by atoms with Gasteiger partial charge in [-0.05, 0) is 77.2 Å². The molecule has 0 bridgehead atoms. The Hall–Kier alpha value is -5.37.